The number of hydrogen-bond donors (Lipinski definition) is 2. The molecular weight excluding hydrogens is 266 g/mol. The van der Waals surface area contributed by atoms with Crippen molar-refractivity contribution in [1.29, 1.82) is 0 Å². The highest BCUT2D eigenvalue weighted by molar-refractivity contribution is 5.94. The molecule has 0 spiro atoms. The predicted molar refractivity (Wildman–Crippen MR) is 81.9 cm³/mol. The van der Waals surface area contributed by atoms with E-state index in [0.29, 0.717) is 5.56 Å². The lowest BCUT2D eigenvalue weighted by molar-refractivity contribution is -0.0612. The van der Waals surface area contributed by atoms with E-state index in [1.54, 1.807) is 6.07 Å². The topological polar surface area (TPSA) is 60.8 Å². The highest BCUT2D eigenvalue weighted by atomic mass is 16.4. The van der Waals surface area contributed by atoms with Crippen molar-refractivity contribution in [2.24, 2.45) is 5.92 Å². The molecule has 1 heterocycles. The molecule has 4 nitrogen and oxygen atoms in total. The van der Waals surface area contributed by atoms with Crippen LogP contribution in [0, 0.1) is 12.8 Å². The number of carbonyl (C=O) groups is 1. The summed E-state index contributed by atoms with van der Waals surface area (Å²) >= 11 is 0. The SMILES string of the molecule is Cc1ccc(C(=O)O)c(N2CCC3(O)CCCCC3C2)c1. The van der Waals surface area contributed by atoms with Crippen molar-refractivity contribution < 1.29 is 15.0 Å². The van der Waals surface area contributed by atoms with Crippen LogP contribution in [0.25, 0.3) is 0 Å². The van der Waals surface area contributed by atoms with Crippen LogP contribution in [0.3, 0.4) is 0 Å². The third-order valence-corrected chi connectivity index (χ3v) is 5.15. The van der Waals surface area contributed by atoms with E-state index >= 15 is 0 Å². The fourth-order valence-electron chi connectivity index (χ4n) is 3.87. The Kier molecular flexibility index (Phi) is 3.66. The number of hydrogen-bond acceptors (Lipinski definition) is 3. The zero-order valence-corrected chi connectivity index (χ0v) is 12.5. The summed E-state index contributed by atoms with van der Waals surface area (Å²) in [6.07, 6.45) is 4.95. The van der Waals surface area contributed by atoms with Crippen LogP contribution in [-0.2, 0) is 0 Å². The van der Waals surface area contributed by atoms with Crippen LogP contribution in [0.1, 0.15) is 48.0 Å². The number of anilines is 1. The molecule has 2 aliphatic rings. The van der Waals surface area contributed by atoms with E-state index in [1.165, 1.54) is 6.42 Å². The van der Waals surface area contributed by atoms with Gasteiger partial charge in [0, 0.05) is 19.0 Å². The van der Waals surface area contributed by atoms with Gasteiger partial charge in [-0.2, -0.15) is 0 Å². The lowest BCUT2D eigenvalue weighted by atomic mass is 9.71. The van der Waals surface area contributed by atoms with Crippen molar-refractivity contribution in [3.05, 3.63) is 29.3 Å². The first-order chi connectivity index (χ1) is 9.99. The standard InChI is InChI=1S/C17H23NO3/c1-12-5-6-14(16(19)20)15(10-12)18-9-8-17(21)7-3-2-4-13(17)11-18/h5-6,10,13,21H,2-4,7-9,11H2,1H3,(H,19,20). The second-order valence-electron chi connectivity index (χ2n) is 6.57. The molecule has 0 amide bonds. The van der Waals surface area contributed by atoms with Crippen LogP contribution in [0.5, 0.6) is 0 Å². The van der Waals surface area contributed by atoms with Gasteiger partial charge in [-0.3, -0.25) is 0 Å². The number of piperidine rings is 1. The van der Waals surface area contributed by atoms with Crippen molar-refractivity contribution in [2.75, 3.05) is 18.0 Å². The molecule has 21 heavy (non-hydrogen) atoms. The van der Waals surface area contributed by atoms with Crippen molar-refractivity contribution >= 4 is 11.7 Å². The summed E-state index contributed by atoms with van der Waals surface area (Å²) < 4.78 is 0. The fraction of sp³-hybridized carbons (Fsp3) is 0.588. The summed E-state index contributed by atoms with van der Waals surface area (Å²) in [5.74, 6) is -0.614. The number of aliphatic hydroxyl groups is 1. The van der Waals surface area contributed by atoms with Crippen LogP contribution >= 0.6 is 0 Å². The van der Waals surface area contributed by atoms with Crippen molar-refractivity contribution in [2.45, 2.75) is 44.6 Å². The minimum Gasteiger partial charge on any atom is -0.478 e. The van der Waals surface area contributed by atoms with Crippen molar-refractivity contribution in [3.8, 4) is 0 Å². The summed E-state index contributed by atoms with van der Waals surface area (Å²) in [6.45, 7) is 3.48. The number of rotatable bonds is 2. The Morgan fingerprint density at radius 2 is 2.14 bits per heavy atom. The Morgan fingerprint density at radius 1 is 1.33 bits per heavy atom. The molecule has 0 radical (unpaired) electrons. The van der Waals surface area contributed by atoms with Crippen molar-refractivity contribution in [3.63, 3.8) is 0 Å². The molecule has 1 aliphatic carbocycles. The van der Waals surface area contributed by atoms with E-state index in [2.05, 4.69) is 4.90 Å². The van der Waals surface area contributed by atoms with Crippen LogP contribution in [0.2, 0.25) is 0 Å². The van der Waals surface area contributed by atoms with E-state index in [9.17, 15) is 15.0 Å². The Bertz CT molecular complexity index is 557. The lowest BCUT2D eigenvalue weighted by Gasteiger charge is -2.48. The summed E-state index contributed by atoms with van der Waals surface area (Å²) in [6, 6.07) is 5.49. The highest BCUT2D eigenvalue weighted by Gasteiger charge is 2.43. The van der Waals surface area contributed by atoms with Crippen LogP contribution in [0.15, 0.2) is 18.2 Å². The number of fused-ring (bicyclic) bond motifs is 1. The van der Waals surface area contributed by atoms with Gasteiger partial charge in [0.2, 0.25) is 0 Å². The Hall–Kier alpha value is -1.55. The first kappa shape index (κ1) is 14.4. The van der Waals surface area contributed by atoms with Gasteiger partial charge in [-0.05, 0) is 43.9 Å². The summed E-state index contributed by atoms with van der Waals surface area (Å²) in [5, 5.41) is 20.1. The number of carboxylic acid groups (broad SMARTS) is 1. The lowest BCUT2D eigenvalue weighted by Crippen LogP contribution is -2.53. The first-order valence-corrected chi connectivity index (χ1v) is 7.81. The molecule has 4 heteroatoms. The quantitative estimate of drug-likeness (QED) is 0.879. The van der Waals surface area contributed by atoms with Gasteiger partial charge < -0.3 is 15.1 Å². The van der Waals surface area contributed by atoms with E-state index in [4.69, 9.17) is 0 Å². The molecule has 0 bridgehead atoms. The molecule has 1 saturated carbocycles. The number of benzene rings is 1. The van der Waals surface area contributed by atoms with Gasteiger partial charge in [-0.1, -0.05) is 18.9 Å². The average Bonchev–Trinajstić information content (AvgIpc) is 2.45. The number of carboxylic acids is 1. The number of aryl methyl sites for hydroxylation is 1. The summed E-state index contributed by atoms with van der Waals surface area (Å²) in [7, 11) is 0. The van der Waals surface area contributed by atoms with Gasteiger partial charge >= 0.3 is 5.97 Å². The molecule has 2 unspecified atom stereocenters. The molecule has 114 valence electrons. The van der Waals surface area contributed by atoms with Gasteiger partial charge in [0.05, 0.1) is 16.9 Å². The van der Waals surface area contributed by atoms with Crippen LogP contribution < -0.4 is 4.90 Å². The van der Waals surface area contributed by atoms with Crippen LogP contribution in [0.4, 0.5) is 5.69 Å². The zero-order valence-electron chi connectivity index (χ0n) is 12.5. The molecule has 1 aliphatic heterocycles. The third-order valence-electron chi connectivity index (χ3n) is 5.15. The van der Waals surface area contributed by atoms with Crippen LogP contribution in [-0.4, -0.2) is 34.9 Å². The normalized spacial score (nSPS) is 29.0. The molecule has 3 rings (SSSR count). The van der Waals surface area contributed by atoms with Gasteiger partial charge in [0.25, 0.3) is 0 Å². The van der Waals surface area contributed by atoms with E-state index < -0.39 is 11.6 Å². The average molecular weight is 289 g/mol. The Morgan fingerprint density at radius 3 is 2.90 bits per heavy atom. The Labute approximate surface area is 125 Å². The number of aromatic carboxylic acids is 1. The van der Waals surface area contributed by atoms with E-state index in [0.717, 1.165) is 50.0 Å². The van der Waals surface area contributed by atoms with Crippen molar-refractivity contribution in [1.82, 2.24) is 0 Å². The van der Waals surface area contributed by atoms with E-state index in [-0.39, 0.29) is 5.92 Å². The molecule has 1 saturated heterocycles. The predicted octanol–water partition coefficient (Wildman–Crippen LogP) is 2.82. The fourth-order valence-corrected chi connectivity index (χ4v) is 3.87. The van der Waals surface area contributed by atoms with E-state index in [1.807, 2.05) is 19.1 Å². The molecule has 2 N–H and O–H groups in total. The van der Waals surface area contributed by atoms with Gasteiger partial charge in [0.1, 0.15) is 0 Å². The third kappa shape index (κ3) is 2.64. The second-order valence-corrected chi connectivity index (χ2v) is 6.57. The minimum absolute atomic E-state index is 0.266. The molecule has 2 atom stereocenters. The largest absolute Gasteiger partial charge is 0.478 e. The number of nitrogens with zero attached hydrogens (tertiary/aromatic N) is 1. The summed E-state index contributed by atoms with van der Waals surface area (Å²) in [5.41, 5.74) is 1.71. The van der Waals surface area contributed by atoms with Gasteiger partial charge in [-0.25, -0.2) is 4.79 Å². The second kappa shape index (κ2) is 5.34. The Balaban J connectivity index is 1.88. The highest BCUT2D eigenvalue weighted by Crippen LogP contribution is 2.41. The zero-order chi connectivity index (χ0) is 15.0. The minimum atomic E-state index is -0.880. The molecule has 1 aromatic rings. The molecule has 0 aromatic heterocycles. The molecule has 1 aromatic carbocycles. The maximum Gasteiger partial charge on any atom is 0.337 e. The maximum atomic E-state index is 11.4. The summed E-state index contributed by atoms with van der Waals surface area (Å²) in [4.78, 5) is 13.6. The molecular formula is C17H23NO3. The van der Waals surface area contributed by atoms with Gasteiger partial charge in [-0.15, -0.1) is 0 Å². The molecule has 2 fully saturated rings. The maximum absolute atomic E-state index is 11.4. The first-order valence-electron chi connectivity index (χ1n) is 7.81. The monoisotopic (exact) mass is 289 g/mol. The smallest absolute Gasteiger partial charge is 0.337 e. The van der Waals surface area contributed by atoms with Gasteiger partial charge in [0.15, 0.2) is 0 Å².